The van der Waals surface area contributed by atoms with Crippen LogP contribution in [0.25, 0.3) is 10.9 Å². The molecule has 132 valence electrons. The third-order valence-corrected chi connectivity index (χ3v) is 5.22. The Bertz CT molecular complexity index is 787. The number of pyridine rings is 1. The molecule has 0 atom stereocenters. The zero-order valence-electron chi connectivity index (χ0n) is 15.5. The standard InChI is InChI=1S/C19H24BNO4/c1-18(2)19(3,4)25-20(24-18)15-10-8-13(9-11-16(22)23-5)17-14(15)7-6-12-21-17/h6-8,10,12H,9,11H2,1-5H3. The molecule has 2 aromatic rings. The number of methoxy groups -OCH3 is 1. The maximum absolute atomic E-state index is 11.5. The molecule has 0 amide bonds. The van der Waals surface area contributed by atoms with Gasteiger partial charge in [-0.25, -0.2) is 0 Å². The van der Waals surface area contributed by atoms with Crippen LogP contribution in [0.5, 0.6) is 0 Å². The van der Waals surface area contributed by atoms with E-state index in [-0.39, 0.29) is 5.97 Å². The van der Waals surface area contributed by atoms with Gasteiger partial charge in [0.1, 0.15) is 0 Å². The summed E-state index contributed by atoms with van der Waals surface area (Å²) in [4.78, 5) is 16.0. The highest BCUT2D eigenvalue weighted by Crippen LogP contribution is 2.37. The molecule has 2 heterocycles. The van der Waals surface area contributed by atoms with Crippen molar-refractivity contribution < 1.29 is 18.8 Å². The lowest BCUT2D eigenvalue weighted by molar-refractivity contribution is -0.140. The number of aromatic nitrogens is 1. The van der Waals surface area contributed by atoms with Crippen molar-refractivity contribution in [2.24, 2.45) is 0 Å². The minimum Gasteiger partial charge on any atom is -0.469 e. The van der Waals surface area contributed by atoms with Gasteiger partial charge in [-0.1, -0.05) is 18.2 Å². The zero-order chi connectivity index (χ0) is 18.2. The van der Waals surface area contributed by atoms with Crippen LogP contribution in [0.1, 0.15) is 39.7 Å². The summed E-state index contributed by atoms with van der Waals surface area (Å²) >= 11 is 0. The van der Waals surface area contributed by atoms with Crippen LogP contribution < -0.4 is 5.46 Å². The number of aryl methyl sites for hydroxylation is 1. The molecule has 1 saturated heterocycles. The average molecular weight is 341 g/mol. The van der Waals surface area contributed by atoms with Crippen LogP contribution in [-0.2, 0) is 25.3 Å². The van der Waals surface area contributed by atoms with Crippen LogP contribution in [0.15, 0.2) is 30.5 Å². The predicted octanol–water partition coefficient (Wildman–Crippen LogP) is 2.64. The highest BCUT2D eigenvalue weighted by molar-refractivity contribution is 6.65. The van der Waals surface area contributed by atoms with Crippen molar-refractivity contribution in [1.82, 2.24) is 4.98 Å². The Labute approximate surface area is 148 Å². The van der Waals surface area contributed by atoms with Crippen LogP contribution >= 0.6 is 0 Å². The molecule has 0 radical (unpaired) electrons. The Morgan fingerprint density at radius 2 is 1.84 bits per heavy atom. The van der Waals surface area contributed by atoms with Crippen LogP contribution in [0.2, 0.25) is 0 Å². The second kappa shape index (κ2) is 6.43. The molecule has 3 rings (SSSR count). The molecular weight excluding hydrogens is 317 g/mol. The van der Waals surface area contributed by atoms with Crippen molar-refractivity contribution >= 4 is 29.5 Å². The fraction of sp³-hybridized carbons (Fsp3) is 0.474. The summed E-state index contributed by atoms with van der Waals surface area (Å²) in [5.74, 6) is -0.223. The predicted molar refractivity (Wildman–Crippen MR) is 97.8 cm³/mol. The van der Waals surface area contributed by atoms with Crippen LogP contribution in [0.3, 0.4) is 0 Å². The van der Waals surface area contributed by atoms with Gasteiger partial charge >= 0.3 is 13.1 Å². The average Bonchev–Trinajstić information content (AvgIpc) is 2.79. The molecule has 6 heteroatoms. The van der Waals surface area contributed by atoms with Crippen molar-refractivity contribution in [2.45, 2.75) is 51.7 Å². The molecule has 0 aliphatic carbocycles. The number of carbonyl (C=O) groups is 1. The van der Waals surface area contributed by atoms with Crippen LogP contribution in [0.4, 0.5) is 0 Å². The zero-order valence-corrected chi connectivity index (χ0v) is 15.5. The van der Waals surface area contributed by atoms with E-state index in [0.29, 0.717) is 12.8 Å². The van der Waals surface area contributed by atoms with Crippen molar-refractivity contribution in [3.63, 3.8) is 0 Å². The molecule has 25 heavy (non-hydrogen) atoms. The van der Waals surface area contributed by atoms with Gasteiger partial charge in [-0.3, -0.25) is 9.78 Å². The molecular formula is C19H24BNO4. The number of esters is 1. The summed E-state index contributed by atoms with van der Waals surface area (Å²) in [5, 5.41) is 0.989. The van der Waals surface area contributed by atoms with E-state index in [1.807, 2.05) is 52.0 Å². The monoisotopic (exact) mass is 341 g/mol. The van der Waals surface area contributed by atoms with E-state index in [9.17, 15) is 4.79 Å². The van der Waals surface area contributed by atoms with Crippen molar-refractivity contribution in [3.05, 3.63) is 36.0 Å². The number of hydrogen-bond donors (Lipinski definition) is 0. The largest absolute Gasteiger partial charge is 0.495 e. The Kier molecular flexibility index (Phi) is 4.60. The molecule has 0 unspecified atom stereocenters. The third-order valence-electron chi connectivity index (χ3n) is 5.22. The molecule has 1 aromatic heterocycles. The van der Waals surface area contributed by atoms with E-state index in [0.717, 1.165) is 21.9 Å². The van der Waals surface area contributed by atoms with Crippen molar-refractivity contribution in [1.29, 1.82) is 0 Å². The third kappa shape index (κ3) is 3.28. The molecule has 1 fully saturated rings. The number of carbonyl (C=O) groups excluding carboxylic acids is 1. The highest BCUT2D eigenvalue weighted by atomic mass is 16.7. The first-order valence-electron chi connectivity index (χ1n) is 8.54. The van der Waals surface area contributed by atoms with E-state index in [1.54, 1.807) is 6.20 Å². The van der Waals surface area contributed by atoms with E-state index in [2.05, 4.69) is 4.98 Å². The Morgan fingerprint density at radius 1 is 1.16 bits per heavy atom. The lowest BCUT2D eigenvalue weighted by atomic mass is 9.76. The minimum absolute atomic E-state index is 0.223. The smallest absolute Gasteiger partial charge is 0.469 e. The summed E-state index contributed by atoms with van der Waals surface area (Å²) in [7, 11) is 0.964. The Hall–Kier alpha value is -1.92. The van der Waals surface area contributed by atoms with Gasteiger partial charge in [0, 0.05) is 18.0 Å². The maximum atomic E-state index is 11.5. The molecule has 1 aromatic carbocycles. The van der Waals surface area contributed by atoms with Gasteiger partial charge in [-0.05, 0) is 51.2 Å². The fourth-order valence-corrected chi connectivity index (χ4v) is 2.97. The number of nitrogens with zero attached hydrogens (tertiary/aromatic N) is 1. The Morgan fingerprint density at radius 3 is 2.48 bits per heavy atom. The number of hydrogen-bond acceptors (Lipinski definition) is 5. The molecule has 1 aliphatic heterocycles. The number of fused-ring (bicyclic) bond motifs is 1. The first-order valence-corrected chi connectivity index (χ1v) is 8.54. The normalized spacial score (nSPS) is 18.5. The lowest BCUT2D eigenvalue weighted by Gasteiger charge is -2.32. The summed E-state index contributed by atoms with van der Waals surface area (Å²) in [6.45, 7) is 8.16. The van der Waals surface area contributed by atoms with Crippen molar-refractivity contribution in [2.75, 3.05) is 7.11 Å². The fourth-order valence-electron chi connectivity index (χ4n) is 2.97. The number of benzene rings is 1. The minimum atomic E-state index is -0.439. The summed E-state index contributed by atoms with van der Waals surface area (Å²) in [6, 6.07) is 7.93. The first kappa shape index (κ1) is 17.9. The maximum Gasteiger partial charge on any atom is 0.495 e. The summed E-state index contributed by atoms with van der Waals surface area (Å²) in [6.07, 6.45) is 2.68. The topological polar surface area (TPSA) is 57.7 Å². The quantitative estimate of drug-likeness (QED) is 0.632. The summed E-state index contributed by atoms with van der Waals surface area (Å²) < 4.78 is 17.1. The Balaban J connectivity index is 1.98. The van der Waals surface area contributed by atoms with E-state index in [1.165, 1.54) is 7.11 Å². The molecule has 5 nitrogen and oxygen atoms in total. The van der Waals surface area contributed by atoms with E-state index >= 15 is 0 Å². The van der Waals surface area contributed by atoms with Gasteiger partial charge in [0.15, 0.2) is 0 Å². The van der Waals surface area contributed by atoms with Gasteiger partial charge in [0.05, 0.1) is 23.8 Å². The highest BCUT2D eigenvalue weighted by Gasteiger charge is 2.52. The van der Waals surface area contributed by atoms with Gasteiger partial charge in [0.2, 0.25) is 0 Å². The second-order valence-corrected chi connectivity index (χ2v) is 7.38. The van der Waals surface area contributed by atoms with Gasteiger partial charge in [0.25, 0.3) is 0 Å². The van der Waals surface area contributed by atoms with Crippen LogP contribution in [-0.4, -0.2) is 36.4 Å². The molecule has 0 N–H and O–H groups in total. The molecule has 0 bridgehead atoms. The lowest BCUT2D eigenvalue weighted by Crippen LogP contribution is -2.41. The van der Waals surface area contributed by atoms with Gasteiger partial charge < -0.3 is 14.0 Å². The number of ether oxygens (including phenoxy) is 1. The van der Waals surface area contributed by atoms with Crippen molar-refractivity contribution in [3.8, 4) is 0 Å². The van der Waals surface area contributed by atoms with Crippen LogP contribution in [0, 0.1) is 0 Å². The van der Waals surface area contributed by atoms with Gasteiger partial charge in [-0.15, -0.1) is 0 Å². The SMILES string of the molecule is COC(=O)CCc1ccc(B2OC(C)(C)C(C)(C)O2)c2cccnc12. The van der Waals surface area contributed by atoms with Gasteiger partial charge in [-0.2, -0.15) is 0 Å². The molecule has 0 saturated carbocycles. The molecule has 1 aliphatic rings. The summed E-state index contributed by atoms with van der Waals surface area (Å²) in [5.41, 5.74) is 2.06. The van der Waals surface area contributed by atoms with E-state index in [4.69, 9.17) is 14.0 Å². The van der Waals surface area contributed by atoms with E-state index < -0.39 is 18.3 Å². The first-order chi connectivity index (χ1) is 11.7. The second-order valence-electron chi connectivity index (χ2n) is 7.38. The molecule has 0 spiro atoms. The number of rotatable bonds is 4.